The Labute approximate surface area is 90.3 Å². The summed E-state index contributed by atoms with van der Waals surface area (Å²) in [7, 11) is 0. The Morgan fingerprint density at radius 1 is 1.20 bits per heavy atom. The van der Waals surface area contributed by atoms with E-state index in [1.165, 1.54) is 0 Å². The fourth-order valence-electron chi connectivity index (χ4n) is 1.66. The molecule has 2 N–H and O–H groups in total. The topological polar surface area (TPSA) is 74.6 Å². The number of hydrogen-bond acceptors (Lipinski definition) is 2. The predicted molar refractivity (Wildman–Crippen MR) is 56.6 cm³/mol. The second-order valence-corrected chi connectivity index (χ2v) is 4.30. The molecule has 88 valence electrons. The number of hydrogen-bond donors (Lipinski definition) is 2. The SMILES string of the molecule is CCC(CC(=O)O)CC(C(=O)O)C(C)C. The first kappa shape index (κ1) is 13.9. The Bertz CT molecular complexity index is 223. The second-order valence-electron chi connectivity index (χ2n) is 4.30. The molecule has 2 atom stereocenters. The van der Waals surface area contributed by atoms with E-state index in [0.29, 0.717) is 12.8 Å². The van der Waals surface area contributed by atoms with Gasteiger partial charge in [-0.15, -0.1) is 0 Å². The maximum atomic E-state index is 10.9. The minimum Gasteiger partial charge on any atom is -0.481 e. The van der Waals surface area contributed by atoms with Gasteiger partial charge in [-0.05, 0) is 18.3 Å². The van der Waals surface area contributed by atoms with Crippen LogP contribution in [0.2, 0.25) is 0 Å². The van der Waals surface area contributed by atoms with Crippen LogP contribution in [-0.2, 0) is 9.59 Å². The van der Waals surface area contributed by atoms with Gasteiger partial charge in [0, 0.05) is 6.42 Å². The Morgan fingerprint density at radius 3 is 2.00 bits per heavy atom. The fraction of sp³-hybridized carbons (Fsp3) is 0.818. The lowest BCUT2D eigenvalue weighted by Gasteiger charge is -2.21. The van der Waals surface area contributed by atoms with Crippen molar-refractivity contribution in [3.05, 3.63) is 0 Å². The van der Waals surface area contributed by atoms with Crippen LogP contribution in [-0.4, -0.2) is 22.2 Å². The summed E-state index contributed by atoms with van der Waals surface area (Å²) in [6, 6.07) is 0. The van der Waals surface area contributed by atoms with Crippen molar-refractivity contribution in [1.29, 1.82) is 0 Å². The molecule has 0 bridgehead atoms. The van der Waals surface area contributed by atoms with Crippen molar-refractivity contribution in [3.63, 3.8) is 0 Å². The van der Waals surface area contributed by atoms with E-state index in [2.05, 4.69) is 0 Å². The van der Waals surface area contributed by atoms with Gasteiger partial charge in [0.05, 0.1) is 5.92 Å². The van der Waals surface area contributed by atoms with Crippen LogP contribution < -0.4 is 0 Å². The van der Waals surface area contributed by atoms with Gasteiger partial charge in [-0.2, -0.15) is 0 Å². The normalized spacial score (nSPS) is 14.9. The van der Waals surface area contributed by atoms with Crippen molar-refractivity contribution in [2.75, 3.05) is 0 Å². The summed E-state index contributed by atoms with van der Waals surface area (Å²) in [5, 5.41) is 17.6. The van der Waals surface area contributed by atoms with E-state index in [1.807, 2.05) is 20.8 Å². The highest BCUT2D eigenvalue weighted by atomic mass is 16.4. The molecule has 0 aromatic heterocycles. The molecule has 0 fully saturated rings. The van der Waals surface area contributed by atoms with Gasteiger partial charge in [0.2, 0.25) is 0 Å². The van der Waals surface area contributed by atoms with Crippen molar-refractivity contribution < 1.29 is 19.8 Å². The molecule has 0 heterocycles. The van der Waals surface area contributed by atoms with Crippen LogP contribution in [0.4, 0.5) is 0 Å². The molecule has 0 spiro atoms. The summed E-state index contributed by atoms with van der Waals surface area (Å²) in [6.07, 6.45) is 1.23. The molecule has 0 saturated heterocycles. The highest BCUT2D eigenvalue weighted by Gasteiger charge is 2.25. The first-order valence-corrected chi connectivity index (χ1v) is 5.33. The molecule has 4 heteroatoms. The molecule has 0 rings (SSSR count). The van der Waals surface area contributed by atoms with Crippen molar-refractivity contribution in [1.82, 2.24) is 0 Å². The average molecular weight is 216 g/mol. The van der Waals surface area contributed by atoms with Crippen molar-refractivity contribution >= 4 is 11.9 Å². The molecule has 0 aromatic rings. The molecule has 0 aliphatic heterocycles. The number of rotatable bonds is 7. The summed E-state index contributed by atoms with van der Waals surface area (Å²) in [5.74, 6) is -2.10. The summed E-state index contributed by atoms with van der Waals surface area (Å²) in [6.45, 7) is 5.60. The summed E-state index contributed by atoms with van der Waals surface area (Å²) < 4.78 is 0. The summed E-state index contributed by atoms with van der Waals surface area (Å²) in [5.41, 5.74) is 0. The molecule has 0 aliphatic rings. The van der Waals surface area contributed by atoms with Gasteiger partial charge < -0.3 is 10.2 Å². The third-order valence-electron chi connectivity index (χ3n) is 2.75. The van der Waals surface area contributed by atoms with Gasteiger partial charge in [-0.1, -0.05) is 27.2 Å². The Morgan fingerprint density at radius 2 is 1.73 bits per heavy atom. The minimum absolute atomic E-state index is 0.0361. The maximum absolute atomic E-state index is 10.9. The molecule has 0 aromatic carbocycles. The van der Waals surface area contributed by atoms with E-state index in [0.717, 1.165) is 0 Å². The molecule has 4 nitrogen and oxygen atoms in total. The zero-order valence-electron chi connectivity index (χ0n) is 9.56. The van der Waals surface area contributed by atoms with E-state index < -0.39 is 17.9 Å². The largest absolute Gasteiger partial charge is 0.481 e. The summed E-state index contributed by atoms with van der Waals surface area (Å²) in [4.78, 5) is 21.5. The minimum atomic E-state index is -0.852. The van der Waals surface area contributed by atoms with Crippen molar-refractivity contribution in [2.24, 2.45) is 17.8 Å². The number of carboxylic acids is 2. The summed E-state index contributed by atoms with van der Waals surface area (Å²) >= 11 is 0. The van der Waals surface area contributed by atoms with Crippen LogP contribution in [0.25, 0.3) is 0 Å². The maximum Gasteiger partial charge on any atom is 0.306 e. The Hall–Kier alpha value is -1.06. The van der Waals surface area contributed by atoms with Crippen LogP contribution in [0, 0.1) is 17.8 Å². The smallest absolute Gasteiger partial charge is 0.306 e. The molecule has 0 amide bonds. The van der Waals surface area contributed by atoms with Gasteiger partial charge >= 0.3 is 11.9 Å². The van der Waals surface area contributed by atoms with Gasteiger partial charge in [0.25, 0.3) is 0 Å². The predicted octanol–water partition coefficient (Wildman–Crippen LogP) is 2.23. The molecule has 15 heavy (non-hydrogen) atoms. The molecule has 2 unspecified atom stereocenters. The first-order chi connectivity index (χ1) is 6.88. The number of carboxylic acid groups (broad SMARTS) is 2. The fourth-order valence-corrected chi connectivity index (χ4v) is 1.66. The lowest BCUT2D eigenvalue weighted by Crippen LogP contribution is -2.23. The highest BCUT2D eigenvalue weighted by Crippen LogP contribution is 2.24. The van der Waals surface area contributed by atoms with E-state index in [-0.39, 0.29) is 18.3 Å². The monoisotopic (exact) mass is 216 g/mol. The quantitative estimate of drug-likeness (QED) is 0.684. The average Bonchev–Trinajstić information content (AvgIpc) is 2.10. The first-order valence-electron chi connectivity index (χ1n) is 5.33. The zero-order chi connectivity index (χ0) is 12.0. The van der Waals surface area contributed by atoms with Crippen LogP contribution in [0.1, 0.15) is 40.0 Å². The standard InChI is InChI=1S/C11H20O4/c1-4-8(6-10(12)13)5-9(7(2)3)11(14)15/h7-9H,4-6H2,1-3H3,(H,12,13)(H,14,15). The van der Waals surface area contributed by atoms with Gasteiger partial charge in [-0.3, -0.25) is 9.59 Å². The Balaban J connectivity index is 4.35. The van der Waals surface area contributed by atoms with E-state index in [9.17, 15) is 9.59 Å². The van der Waals surface area contributed by atoms with Crippen LogP contribution in [0.15, 0.2) is 0 Å². The van der Waals surface area contributed by atoms with Crippen molar-refractivity contribution in [2.45, 2.75) is 40.0 Å². The van der Waals surface area contributed by atoms with E-state index >= 15 is 0 Å². The third kappa shape index (κ3) is 5.40. The van der Waals surface area contributed by atoms with E-state index in [1.54, 1.807) is 0 Å². The van der Waals surface area contributed by atoms with Crippen molar-refractivity contribution in [3.8, 4) is 0 Å². The highest BCUT2D eigenvalue weighted by molar-refractivity contribution is 5.70. The van der Waals surface area contributed by atoms with E-state index in [4.69, 9.17) is 10.2 Å². The van der Waals surface area contributed by atoms with Crippen LogP contribution in [0.3, 0.4) is 0 Å². The van der Waals surface area contributed by atoms with Gasteiger partial charge in [0.1, 0.15) is 0 Å². The Kier molecular flexibility index (Phi) is 5.97. The number of aliphatic carboxylic acids is 2. The van der Waals surface area contributed by atoms with Gasteiger partial charge in [0.15, 0.2) is 0 Å². The molecule has 0 radical (unpaired) electrons. The zero-order valence-corrected chi connectivity index (χ0v) is 9.56. The van der Waals surface area contributed by atoms with Gasteiger partial charge in [-0.25, -0.2) is 0 Å². The lowest BCUT2D eigenvalue weighted by molar-refractivity contribution is -0.145. The van der Waals surface area contributed by atoms with Crippen LogP contribution in [0.5, 0.6) is 0 Å². The molecular formula is C11H20O4. The molecule has 0 saturated carbocycles. The number of carbonyl (C=O) groups is 2. The molecule has 0 aliphatic carbocycles. The lowest BCUT2D eigenvalue weighted by atomic mass is 9.84. The second kappa shape index (κ2) is 6.43. The molecular weight excluding hydrogens is 196 g/mol. The third-order valence-corrected chi connectivity index (χ3v) is 2.75. The van der Waals surface area contributed by atoms with Crippen LogP contribution >= 0.6 is 0 Å².